The molecule has 2 rings (SSSR count). The molecule has 0 saturated carbocycles. The molecule has 3 N–H and O–H groups in total. The second-order valence-electron chi connectivity index (χ2n) is 6.87. The molecule has 0 unspecified atom stereocenters. The van der Waals surface area contributed by atoms with Crippen LogP contribution in [0.2, 0.25) is 0 Å². The van der Waals surface area contributed by atoms with Gasteiger partial charge < -0.3 is 20.7 Å². The molecule has 3 amide bonds. The predicted octanol–water partition coefficient (Wildman–Crippen LogP) is 3.28. The molecule has 1 aromatic carbocycles. The van der Waals surface area contributed by atoms with Crippen LogP contribution in [0.5, 0.6) is 0 Å². The molecule has 0 aliphatic heterocycles. The zero-order chi connectivity index (χ0) is 23.5. The Balaban J connectivity index is 2.01. The highest BCUT2D eigenvalue weighted by atomic mass is 32.2. The predicted molar refractivity (Wildman–Crippen MR) is 125 cm³/mol. The lowest BCUT2D eigenvalue weighted by Gasteiger charge is -2.11. The second-order valence-corrected chi connectivity index (χ2v) is 7.88. The molecule has 2 aromatic rings. The summed E-state index contributed by atoms with van der Waals surface area (Å²) in [6, 6.07) is 10.2. The van der Waals surface area contributed by atoms with Crippen LogP contribution in [0, 0.1) is 0 Å². The van der Waals surface area contributed by atoms with Crippen LogP contribution in [-0.4, -0.2) is 48.1 Å². The van der Waals surface area contributed by atoms with Gasteiger partial charge in [-0.3, -0.25) is 14.6 Å². The Kier molecular flexibility index (Phi) is 9.68. The minimum absolute atomic E-state index is 0.0330. The van der Waals surface area contributed by atoms with Gasteiger partial charge in [-0.15, -0.1) is 11.8 Å². The number of aliphatic imine (C=N–C) groups is 1. The van der Waals surface area contributed by atoms with Crippen molar-refractivity contribution in [2.75, 3.05) is 12.5 Å². The zero-order valence-electron chi connectivity index (χ0n) is 18.3. The number of ether oxygens (including phenoxy) is 1. The van der Waals surface area contributed by atoms with E-state index in [0.29, 0.717) is 18.2 Å². The lowest BCUT2D eigenvalue weighted by Crippen LogP contribution is -2.31. The fourth-order valence-corrected chi connectivity index (χ4v) is 3.43. The van der Waals surface area contributed by atoms with E-state index in [-0.39, 0.29) is 29.9 Å². The summed E-state index contributed by atoms with van der Waals surface area (Å²) >= 11 is 1.37. The standard InChI is InChI=1S/C22H27N5O4S/c1-5-31-22(30)25-13-32-19-11-15(9-10-16(19)23-4)12-24-20(28)17-7-6-8-18(27-17)21(29)26-14(2)3/h6-11,14H,4-5,12-13H2,1-3H3,(H,24,28)(H,25,30)(H,26,29). The summed E-state index contributed by atoms with van der Waals surface area (Å²) in [5, 5.41) is 8.18. The summed E-state index contributed by atoms with van der Waals surface area (Å²) in [6.07, 6.45) is -0.492. The van der Waals surface area contributed by atoms with Crippen molar-refractivity contribution in [3.63, 3.8) is 0 Å². The quantitative estimate of drug-likeness (QED) is 0.286. The van der Waals surface area contributed by atoms with Gasteiger partial charge in [0.2, 0.25) is 0 Å². The normalized spacial score (nSPS) is 10.4. The van der Waals surface area contributed by atoms with E-state index in [4.69, 9.17) is 4.74 Å². The van der Waals surface area contributed by atoms with E-state index in [1.165, 1.54) is 11.8 Å². The van der Waals surface area contributed by atoms with Gasteiger partial charge in [-0.05, 0) is 57.3 Å². The van der Waals surface area contributed by atoms with Crippen molar-refractivity contribution in [1.82, 2.24) is 20.9 Å². The lowest BCUT2D eigenvalue weighted by molar-refractivity contribution is 0.0936. The Morgan fingerprint density at radius 2 is 1.84 bits per heavy atom. The third kappa shape index (κ3) is 7.69. The monoisotopic (exact) mass is 457 g/mol. The summed E-state index contributed by atoms with van der Waals surface area (Å²) in [6.45, 7) is 9.54. The summed E-state index contributed by atoms with van der Waals surface area (Å²) in [5.41, 5.74) is 1.83. The number of hydrogen-bond acceptors (Lipinski definition) is 7. The largest absolute Gasteiger partial charge is 0.450 e. The summed E-state index contributed by atoms with van der Waals surface area (Å²) in [5.74, 6) is -0.430. The molecule has 10 heteroatoms. The fraction of sp³-hybridized carbons (Fsp3) is 0.318. The molecule has 170 valence electrons. The van der Waals surface area contributed by atoms with Gasteiger partial charge in [0, 0.05) is 17.5 Å². The van der Waals surface area contributed by atoms with Crippen LogP contribution in [0.4, 0.5) is 10.5 Å². The van der Waals surface area contributed by atoms with Crippen LogP contribution in [0.1, 0.15) is 47.3 Å². The summed E-state index contributed by atoms with van der Waals surface area (Å²) in [7, 11) is 0. The van der Waals surface area contributed by atoms with E-state index in [2.05, 4.69) is 32.6 Å². The molecule has 0 saturated heterocycles. The highest BCUT2D eigenvalue weighted by Gasteiger charge is 2.13. The van der Waals surface area contributed by atoms with E-state index in [1.54, 1.807) is 31.2 Å². The van der Waals surface area contributed by atoms with Crippen LogP contribution in [0.25, 0.3) is 0 Å². The van der Waals surface area contributed by atoms with Crippen molar-refractivity contribution in [3.8, 4) is 0 Å². The van der Waals surface area contributed by atoms with Gasteiger partial charge in [0.1, 0.15) is 11.4 Å². The highest BCUT2D eigenvalue weighted by molar-refractivity contribution is 7.99. The van der Waals surface area contributed by atoms with E-state index in [0.717, 1.165) is 10.5 Å². The number of rotatable bonds is 10. The van der Waals surface area contributed by atoms with E-state index in [9.17, 15) is 14.4 Å². The molecular formula is C22H27N5O4S. The SMILES string of the molecule is C=Nc1ccc(CNC(=O)c2cccc(C(=O)NC(C)C)n2)cc1SCNC(=O)OCC. The maximum atomic E-state index is 12.5. The van der Waals surface area contributed by atoms with Crippen molar-refractivity contribution in [1.29, 1.82) is 0 Å². The number of nitrogens with zero attached hydrogens (tertiary/aromatic N) is 2. The van der Waals surface area contributed by atoms with Crippen molar-refractivity contribution < 1.29 is 19.1 Å². The third-order valence-corrected chi connectivity index (χ3v) is 4.93. The van der Waals surface area contributed by atoms with Gasteiger partial charge in [-0.25, -0.2) is 9.78 Å². The molecule has 32 heavy (non-hydrogen) atoms. The van der Waals surface area contributed by atoms with Crippen molar-refractivity contribution in [2.45, 2.75) is 38.3 Å². The van der Waals surface area contributed by atoms with E-state index in [1.807, 2.05) is 26.0 Å². The number of amides is 3. The van der Waals surface area contributed by atoms with Crippen LogP contribution < -0.4 is 16.0 Å². The van der Waals surface area contributed by atoms with Gasteiger partial charge in [0.25, 0.3) is 11.8 Å². The molecule has 1 aromatic heterocycles. The van der Waals surface area contributed by atoms with Gasteiger partial charge in [-0.1, -0.05) is 12.1 Å². The molecule has 0 bridgehead atoms. The number of hydrogen-bond donors (Lipinski definition) is 3. The molecular weight excluding hydrogens is 430 g/mol. The molecule has 0 fully saturated rings. The first kappa shape index (κ1) is 24.9. The molecule has 0 spiro atoms. The number of carbonyl (C=O) groups excluding carboxylic acids is 3. The fourth-order valence-electron chi connectivity index (χ4n) is 2.57. The highest BCUT2D eigenvalue weighted by Crippen LogP contribution is 2.29. The minimum Gasteiger partial charge on any atom is -0.450 e. The van der Waals surface area contributed by atoms with Gasteiger partial charge in [-0.2, -0.15) is 0 Å². The first-order chi connectivity index (χ1) is 15.3. The van der Waals surface area contributed by atoms with Crippen LogP contribution >= 0.6 is 11.8 Å². The number of aromatic nitrogens is 1. The summed E-state index contributed by atoms with van der Waals surface area (Å²) < 4.78 is 4.83. The number of carbonyl (C=O) groups is 3. The van der Waals surface area contributed by atoms with Crippen molar-refractivity contribution in [2.24, 2.45) is 4.99 Å². The first-order valence-electron chi connectivity index (χ1n) is 10.0. The maximum absolute atomic E-state index is 12.5. The Morgan fingerprint density at radius 3 is 2.50 bits per heavy atom. The van der Waals surface area contributed by atoms with Crippen LogP contribution in [0.15, 0.2) is 46.3 Å². The first-order valence-corrected chi connectivity index (χ1v) is 11.0. The number of alkyl carbamates (subject to hydrolysis) is 1. The second kappa shape index (κ2) is 12.5. The van der Waals surface area contributed by atoms with Gasteiger partial charge in [0.05, 0.1) is 18.2 Å². The number of pyridine rings is 1. The zero-order valence-corrected chi connectivity index (χ0v) is 19.1. The Morgan fingerprint density at radius 1 is 1.12 bits per heavy atom. The minimum atomic E-state index is -0.492. The third-order valence-electron chi connectivity index (χ3n) is 4.00. The Hall–Kier alpha value is -3.40. The summed E-state index contributed by atoms with van der Waals surface area (Å²) in [4.78, 5) is 45.0. The molecule has 0 atom stereocenters. The van der Waals surface area contributed by atoms with Gasteiger partial charge >= 0.3 is 6.09 Å². The average molecular weight is 458 g/mol. The topological polar surface area (TPSA) is 122 Å². The Bertz CT molecular complexity index is 981. The van der Waals surface area contributed by atoms with Gasteiger partial charge in [0.15, 0.2) is 0 Å². The van der Waals surface area contributed by atoms with E-state index >= 15 is 0 Å². The molecule has 1 heterocycles. The molecule has 0 aliphatic carbocycles. The molecule has 9 nitrogen and oxygen atoms in total. The maximum Gasteiger partial charge on any atom is 0.407 e. The van der Waals surface area contributed by atoms with E-state index < -0.39 is 12.0 Å². The lowest BCUT2D eigenvalue weighted by atomic mass is 10.2. The average Bonchev–Trinajstić information content (AvgIpc) is 2.77. The molecule has 0 radical (unpaired) electrons. The van der Waals surface area contributed by atoms with Crippen LogP contribution in [0.3, 0.4) is 0 Å². The van der Waals surface area contributed by atoms with Crippen molar-refractivity contribution in [3.05, 3.63) is 53.3 Å². The smallest absolute Gasteiger partial charge is 0.407 e. The van der Waals surface area contributed by atoms with Crippen molar-refractivity contribution >= 4 is 42.1 Å². The van der Waals surface area contributed by atoms with Crippen LogP contribution in [-0.2, 0) is 11.3 Å². The molecule has 0 aliphatic rings. The number of nitrogens with one attached hydrogen (secondary N) is 3. The Labute approximate surface area is 191 Å². The number of benzene rings is 1. The number of thioether (sulfide) groups is 1.